The van der Waals surface area contributed by atoms with Gasteiger partial charge in [0.1, 0.15) is 5.56 Å². The molecule has 1 heterocycles. The van der Waals surface area contributed by atoms with E-state index in [1.807, 2.05) is 0 Å². The molecule has 66 valence electrons. The number of methoxy groups -OCH3 is 1. The van der Waals surface area contributed by atoms with E-state index < -0.39 is 0 Å². The van der Waals surface area contributed by atoms with Gasteiger partial charge in [0.25, 0.3) is 0 Å². The summed E-state index contributed by atoms with van der Waals surface area (Å²) < 4.78 is 13.5. The summed E-state index contributed by atoms with van der Waals surface area (Å²) in [5.41, 5.74) is 0.393. The molecule has 0 saturated carbocycles. The molecule has 12 heavy (non-hydrogen) atoms. The van der Waals surface area contributed by atoms with E-state index in [-0.39, 0.29) is 5.97 Å². The van der Waals surface area contributed by atoms with E-state index in [4.69, 9.17) is 9.47 Å². The highest BCUT2D eigenvalue weighted by Crippen LogP contribution is 2.18. The fourth-order valence-corrected chi connectivity index (χ4v) is 1.34. The predicted molar refractivity (Wildman–Crippen MR) is 44.6 cm³/mol. The maximum atomic E-state index is 11.1. The van der Waals surface area contributed by atoms with Crippen molar-refractivity contribution in [3.63, 3.8) is 0 Å². The van der Waals surface area contributed by atoms with Crippen LogP contribution >= 0.6 is 11.5 Å². The van der Waals surface area contributed by atoms with Gasteiger partial charge < -0.3 is 9.47 Å². The maximum Gasteiger partial charge on any atom is 0.344 e. The second-order valence-electron chi connectivity index (χ2n) is 1.96. The van der Waals surface area contributed by atoms with Crippen LogP contribution in [0.5, 0.6) is 5.88 Å². The molecule has 1 rings (SSSR count). The lowest BCUT2D eigenvalue weighted by molar-refractivity contribution is 0.0523. The summed E-state index contributed by atoms with van der Waals surface area (Å²) in [4.78, 5) is 11.1. The monoisotopic (exact) mass is 187 g/mol. The SMILES string of the molecule is CCOC(=O)c1csnc1OC. The fourth-order valence-electron chi connectivity index (χ4n) is 0.718. The molecule has 0 radical (unpaired) electrons. The molecule has 0 N–H and O–H groups in total. The van der Waals surface area contributed by atoms with Crippen molar-refractivity contribution in [2.75, 3.05) is 13.7 Å². The number of hydrogen-bond acceptors (Lipinski definition) is 5. The van der Waals surface area contributed by atoms with Crippen molar-refractivity contribution in [2.45, 2.75) is 6.92 Å². The average molecular weight is 187 g/mol. The molecule has 0 aliphatic carbocycles. The van der Waals surface area contributed by atoms with Crippen LogP contribution in [0.25, 0.3) is 0 Å². The van der Waals surface area contributed by atoms with E-state index in [2.05, 4.69) is 4.37 Å². The maximum absolute atomic E-state index is 11.1. The number of esters is 1. The van der Waals surface area contributed by atoms with E-state index in [0.717, 1.165) is 0 Å². The third-order valence-electron chi connectivity index (χ3n) is 1.23. The Hall–Kier alpha value is -1.10. The standard InChI is InChI=1S/C7H9NO3S/c1-3-11-7(9)5-4-12-8-6(5)10-2/h4H,3H2,1-2H3. The Morgan fingerprint density at radius 2 is 2.50 bits per heavy atom. The molecule has 1 aromatic rings. The lowest BCUT2D eigenvalue weighted by Crippen LogP contribution is -2.04. The molecule has 1 aromatic heterocycles. The number of aromatic nitrogens is 1. The molecule has 4 nitrogen and oxygen atoms in total. The Morgan fingerprint density at radius 3 is 3.08 bits per heavy atom. The smallest absolute Gasteiger partial charge is 0.344 e. The average Bonchev–Trinajstić information content (AvgIpc) is 2.51. The van der Waals surface area contributed by atoms with Crippen LogP contribution < -0.4 is 4.74 Å². The van der Waals surface area contributed by atoms with Crippen LogP contribution in [0.3, 0.4) is 0 Å². The molecular weight excluding hydrogens is 178 g/mol. The summed E-state index contributed by atoms with van der Waals surface area (Å²) in [6, 6.07) is 0. The zero-order valence-electron chi connectivity index (χ0n) is 6.86. The summed E-state index contributed by atoms with van der Waals surface area (Å²) in [6.45, 7) is 2.11. The van der Waals surface area contributed by atoms with Crippen molar-refractivity contribution in [3.05, 3.63) is 10.9 Å². The summed E-state index contributed by atoms with van der Waals surface area (Å²) in [7, 11) is 1.47. The van der Waals surface area contributed by atoms with Gasteiger partial charge in [-0.15, -0.1) is 0 Å². The predicted octanol–water partition coefficient (Wildman–Crippen LogP) is 1.33. The van der Waals surface area contributed by atoms with E-state index in [1.54, 1.807) is 12.3 Å². The van der Waals surface area contributed by atoms with E-state index in [1.165, 1.54) is 18.6 Å². The molecule has 0 aromatic carbocycles. The zero-order chi connectivity index (χ0) is 8.97. The lowest BCUT2D eigenvalue weighted by atomic mass is 10.4. The van der Waals surface area contributed by atoms with Crippen molar-refractivity contribution in [1.29, 1.82) is 0 Å². The molecular formula is C7H9NO3S. The molecule has 0 aliphatic heterocycles. The van der Waals surface area contributed by atoms with Crippen molar-refractivity contribution in [3.8, 4) is 5.88 Å². The molecule has 0 aliphatic rings. The van der Waals surface area contributed by atoms with Gasteiger partial charge in [0.2, 0.25) is 5.88 Å². The largest absolute Gasteiger partial charge is 0.480 e. The van der Waals surface area contributed by atoms with Gasteiger partial charge in [-0.05, 0) is 18.5 Å². The summed E-state index contributed by atoms with van der Waals surface area (Å²) in [5.74, 6) is -0.0541. The normalized spacial score (nSPS) is 9.50. The Balaban J connectivity index is 2.79. The summed E-state index contributed by atoms with van der Waals surface area (Å²) in [6.07, 6.45) is 0. The quantitative estimate of drug-likeness (QED) is 0.670. The first-order valence-corrected chi connectivity index (χ1v) is 4.28. The molecule has 0 atom stereocenters. The molecule has 0 amide bonds. The van der Waals surface area contributed by atoms with Gasteiger partial charge in [0.05, 0.1) is 13.7 Å². The van der Waals surface area contributed by atoms with Gasteiger partial charge in [-0.2, -0.15) is 4.37 Å². The van der Waals surface area contributed by atoms with E-state index in [9.17, 15) is 4.79 Å². The van der Waals surface area contributed by atoms with Gasteiger partial charge >= 0.3 is 5.97 Å². The van der Waals surface area contributed by atoms with Crippen molar-refractivity contribution in [2.24, 2.45) is 0 Å². The second kappa shape index (κ2) is 4.06. The summed E-state index contributed by atoms with van der Waals surface area (Å²) >= 11 is 1.17. The zero-order valence-corrected chi connectivity index (χ0v) is 7.68. The highest BCUT2D eigenvalue weighted by Gasteiger charge is 2.15. The Labute approximate surface area is 74.3 Å². The first-order valence-electron chi connectivity index (χ1n) is 3.45. The number of carbonyl (C=O) groups excluding carboxylic acids is 1. The van der Waals surface area contributed by atoms with Gasteiger partial charge in [-0.25, -0.2) is 4.79 Å². The molecule has 0 unspecified atom stereocenters. The van der Waals surface area contributed by atoms with Gasteiger partial charge in [0.15, 0.2) is 0 Å². The van der Waals surface area contributed by atoms with E-state index >= 15 is 0 Å². The van der Waals surface area contributed by atoms with Crippen LogP contribution in [0.15, 0.2) is 5.38 Å². The Bertz CT molecular complexity index is 271. The third-order valence-corrected chi connectivity index (χ3v) is 1.84. The summed E-state index contributed by atoms with van der Waals surface area (Å²) in [5, 5.41) is 1.61. The highest BCUT2D eigenvalue weighted by molar-refractivity contribution is 7.04. The minimum Gasteiger partial charge on any atom is -0.480 e. The lowest BCUT2D eigenvalue weighted by Gasteiger charge is -1.99. The topological polar surface area (TPSA) is 48.4 Å². The first kappa shape index (κ1) is 8.99. The van der Waals surface area contributed by atoms with Crippen LogP contribution in [-0.4, -0.2) is 24.1 Å². The Kier molecular flexibility index (Phi) is 3.04. The molecule has 0 spiro atoms. The van der Waals surface area contributed by atoms with Crippen LogP contribution in [-0.2, 0) is 4.74 Å². The minimum absolute atomic E-state index is 0.332. The van der Waals surface area contributed by atoms with Gasteiger partial charge in [-0.1, -0.05) is 0 Å². The molecule has 5 heteroatoms. The first-order chi connectivity index (χ1) is 5.79. The third kappa shape index (κ3) is 1.73. The molecule has 0 bridgehead atoms. The van der Waals surface area contributed by atoms with Gasteiger partial charge in [-0.3, -0.25) is 0 Å². The second-order valence-corrected chi connectivity index (χ2v) is 2.59. The number of rotatable bonds is 3. The van der Waals surface area contributed by atoms with Crippen LogP contribution in [0.4, 0.5) is 0 Å². The number of nitrogens with zero attached hydrogens (tertiary/aromatic N) is 1. The van der Waals surface area contributed by atoms with Crippen molar-refractivity contribution < 1.29 is 14.3 Å². The van der Waals surface area contributed by atoms with Crippen molar-refractivity contribution >= 4 is 17.5 Å². The highest BCUT2D eigenvalue weighted by atomic mass is 32.1. The molecule has 0 saturated heterocycles. The van der Waals surface area contributed by atoms with Crippen LogP contribution in [0, 0.1) is 0 Å². The van der Waals surface area contributed by atoms with Crippen LogP contribution in [0.1, 0.15) is 17.3 Å². The number of carbonyl (C=O) groups is 1. The fraction of sp³-hybridized carbons (Fsp3) is 0.429. The van der Waals surface area contributed by atoms with Crippen molar-refractivity contribution in [1.82, 2.24) is 4.37 Å². The number of ether oxygens (including phenoxy) is 2. The number of hydrogen-bond donors (Lipinski definition) is 0. The van der Waals surface area contributed by atoms with E-state index in [0.29, 0.717) is 18.1 Å². The van der Waals surface area contributed by atoms with Gasteiger partial charge in [0, 0.05) is 5.38 Å². The molecule has 0 fully saturated rings. The van der Waals surface area contributed by atoms with Crippen LogP contribution in [0.2, 0.25) is 0 Å². The minimum atomic E-state index is -0.386. The Morgan fingerprint density at radius 1 is 1.75 bits per heavy atom.